The summed E-state index contributed by atoms with van der Waals surface area (Å²) in [5.74, 6) is -2.13. The SMILES string of the molecule is CCOC(=O)c1cccc(C(=O)Nc2ccc(C3CCN(C(=O)c4ccc5ncoc5c4)CC3)cc2)c1F. The standard InChI is InChI=1S/C29H26FN3O5/c1-2-37-29(36)23-5-3-4-22(26(23)30)27(34)32-21-9-6-18(7-10-21)19-12-14-33(15-13-19)28(35)20-8-11-24-25(16-20)38-17-31-24/h3-11,16-17,19H,2,12-15H2,1H3,(H,32,34). The lowest BCUT2D eigenvalue weighted by Gasteiger charge is -2.32. The van der Waals surface area contributed by atoms with Gasteiger partial charge in [0.15, 0.2) is 12.0 Å². The minimum absolute atomic E-state index is 0.0286. The number of carbonyl (C=O) groups excluding carboxylic acids is 3. The number of hydrogen-bond donors (Lipinski definition) is 1. The first-order chi connectivity index (χ1) is 18.4. The maximum absolute atomic E-state index is 14.8. The second kappa shape index (κ2) is 10.8. The van der Waals surface area contributed by atoms with Crippen LogP contribution >= 0.6 is 0 Å². The molecule has 1 aliphatic rings. The lowest BCUT2D eigenvalue weighted by atomic mass is 9.89. The second-order valence-electron chi connectivity index (χ2n) is 9.07. The van der Waals surface area contributed by atoms with Crippen molar-refractivity contribution in [3.05, 3.63) is 95.1 Å². The maximum atomic E-state index is 14.8. The van der Waals surface area contributed by atoms with Crippen molar-refractivity contribution < 1.29 is 27.9 Å². The molecule has 8 nitrogen and oxygen atoms in total. The van der Waals surface area contributed by atoms with Crippen molar-refractivity contribution in [1.82, 2.24) is 9.88 Å². The number of benzene rings is 3. The van der Waals surface area contributed by atoms with E-state index in [2.05, 4.69) is 10.3 Å². The lowest BCUT2D eigenvalue weighted by Crippen LogP contribution is -2.37. The van der Waals surface area contributed by atoms with Gasteiger partial charge < -0.3 is 19.4 Å². The van der Waals surface area contributed by atoms with Crippen LogP contribution in [0.5, 0.6) is 0 Å². The monoisotopic (exact) mass is 515 g/mol. The molecule has 1 saturated heterocycles. The summed E-state index contributed by atoms with van der Waals surface area (Å²) < 4.78 is 24.9. The number of oxazole rings is 1. The molecule has 1 aliphatic heterocycles. The molecule has 9 heteroatoms. The number of likely N-dealkylation sites (tertiary alicyclic amines) is 1. The number of carbonyl (C=O) groups is 3. The molecule has 0 bridgehead atoms. The fourth-order valence-corrected chi connectivity index (χ4v) is 4.70. The van der Waals surface area contributed by atoms with Crippen molar-refractivity contribution in [2.45, 2.75) is 25.7 Å². The average Bonchev–Trinajstić information content (AvgIpc) is 3.41. The molecule has 38 heavy (non-hydrogen) atoms. The molecule has 0 atom stereocenters. The van der Waals surface area contributed by atoms with Crippen LogP contribution in [0.15, 0.2) is 71.5 Å². The molecule has 0 aliphatic carbocycles. The summed E-state index contributed by atoms with van der Waals surface area (Å²) in [6.07, 6.45) is 2.99. The van der Waals surface area contributed by atoms with E-state index >= 15 is 0 Å². The van der Waals surface area contributed by atoms with Crippen molar-refractivity contribution in [2.24, 2.45) is 0 Å². The Kier molecular flexibility index (Phi) is 7.17. The molecule has 2 heterocycles. The summed E-state index contributed by atoms with van der Waals surface area (Å²) in [4.78, 5) is 43.5. The normalized spacial score (nSPS) is 13.9. The summed E-state index contributed by atoms with van der Waals surface area (Å²) in [6.45, 7) is 3.00. The second-order valence-corrected chi connectivity index (χ2v) is 9.07. The third kappa shape index (κ3) is 5.13. The molecule has 5 rings (SSSR count). The number of nitrogens with zero attached hydrogens (tertiary/aromatic N) is 2. The van der Waals surface area contributed by atoms with Crippen molar-refractivity contribution in [3.8, 4) is 0 Å². The number of amides is 2. The highest BCUT2D eigenvalue weighted by molar-refractivity contribution is 6.06. The molecule has 4 aromatic rings. The van der Waals surface area contributed by atoms with Gasteiger partial charge in [0.1, 0.15) is 11.3 Å². The smallest absolute Gasteiger partial charge is 0.341 e. The highest BCUT2D eigenvalue weighted by Gasteiger charge is 2.25. The average molecular weight is 516 g/mol. The molecule has 1 fully saturated rings. The number of fused-ring (bicyclic) bond motifs is 1. The number of esters is 1. The van der Waals surface area contributed by atoms with Gasteiger partial charge in [-0.05, 0) is 73.7 Å². The van der Waals surface area contributed by atoms with Gasteiger partial charge in [-0.3, -0.25) is 9.59 Å². The quantitative estimate of drug-likeness (QED) is 0.344. The minimum atomic E-state index is -0.915. The fourth-order valence-electron chi connectivity index (χ4n) is 4.70. The number of anilines is 1. The predicted molar refractivity (Wildman–Crippen MR) is 139 cm³/mol. The van der Waals surface area contributed by atoms with E-state index in [0.717, 1.165) is 23.9 Å². The molecular formula is C29H26FN3O5. The Balaban J connectivity index is 1.19. The van der Waals surface area contributed by atoms with E-state index < -0.39 is 17.7 Å². The highest BCUT2D eigenvalue weighted by atomic mass is 19.1. The van der Waals surface area contributed by atoms with Crippen LogP contribution in [0.4, 0.5) is 10.1 Å². The van der Waals surface area contributed by atoms with E-state index in [1.165, 1.54) is 24.6 Å². The summed E-state index contributed by atoms with van der Waals surface area (Å²) in [7, 11) is 0. The Morgan fingerprint density at radius 2 is 1.79 bits per heavy atom. The van der Waals surface area contributed by atoms with Crippen molar-refractivity contribution >= 4 is 34.6 Å². The number of nitrogens with one attached hydrogen (secondary N) is 1. The first kappa shape index (κ1) is 25.1. The number of aromatic nitrogens is 1. The molecule has 194 valence electrons. The van der Waals surface area contributed by atoms with Crippen LogP contribution in [0, 0.1) is 5.82 Å². The van der Waals surface area contributed by atoms with Gasteiger partial charge in [-0.2, -0.15) is 0 Å². The molecule has 1 aromatic heterocycles. The van der Waals surface area contributed by atoms with Gasteiger partial charge in [-0.25, -0.2) is 14.2 Å². The van der Waals surface area contributed by atoms with E-state index in [0.29, 0.717) is 29.9 Å². The van der Waals surface area contributed by atoms with Gasteiger partial charge in [0.05, 0.1) is 17.7 Å². The van der Waals surface area contributed by atoms with E-state index in [1.54, 1.807) is 37.3 Å². The fraction of sp³-hybridized carbons (Fsp3) is 0.241. The predicted octanol–water partition coefficient (Wildman–Crippen LogP) is 5.42. The van der Waals surface area contributed by atoms with Gasteiger partial charge in [-0.1, -0.05) is 18.2 Å². The lowest BCUT2D eigenvalue weighted by molar-refractivity contribution is 0.0520. The Morgan fingerprint density at radius 3 is 2.53 bits per heavy atom. The van der Waals surface area contributed by atoms with E-state index in [4.69, 9.17) is 9.15 Å². The van der Waals surface area contributed by atoms with Crippen LogP contribution in [0.1, 0.15) is 62.3 Å². The molecular weight excluding hydrogens is 489 g/mol. The Morgan fingerprint density at radius 1 is 1.05 bits per heavy atom. The van der Waals surface area contributed by atoms with Crippen molar-refractivity contribution in [3.63, 3.8) is 0 Å². The Labute approximate surface area is 218 Å². The zero-order valence-corrected chi connectivity index (χ0v) is 20.8. The van der Waals surface area contributed by atoms with Crippen LogP contribution in [-0.4, -0.2) is 47.4 Å². The van der Waals surface area contributed by atoms with E-state index in [-0.39, 0.29) is 29.6 Å². The molecule has 1 N–H and O–H groups in total. The number of rotatable bonds is 6. The molecule has 2 amide bonds. The van der Waals surface area contributed by atoms with Crippen molar-refractivity contribution in [1.29, 1.82) is 0 Å². The van der Waals surface area contributed by atoms with Crippen molar-refractivity contribution in [2.75, 3.05) is 25.0 Å². The van der Waals surface area contributed by atoms with E-state index in [9.17, 15) is 18.8 Å². The minimum Gasteiger partial charge on any atom is -0.462 e. The third-order valence-electron chi connectivity index (χ3n) is 6.74. The number of ether oxygens (including phenoxy) is 1. The van der Waals surface area contributed by atoms with Gasteiger partial charge >= 0.3 is 5.97 Å². The third-order valence-corrected chi connectivity index (χ3v) is 6.74. The molecule has 0 unspecified atom stereocenters. The maximum Gasteiger partial charge on any atom is 0.341 e. The van der Waals surface area contributed by atoms with Gasteiger partial charge in [0.2, 0.25) is 0 Å². The molecule has 0 radical (unpaired) electrons. The Bertz CT molecular complexity index is 1490. The number of halogens is 1. The van der Waals surface area contributed by atoms with Crippen LogP contribution in [0.2, 0.25) is 0 Å². The topological polar surface area (TPSA) is 102 Å². The Hall–Kier alpha value is -4.53. The zero-order valence-electron chi connectivity index (χ0n) is 20.8. The van der Waals surface area contributed by atoms with Crippen LogP contribution in [0.25, 0.3) is 11.1 Å². The molecule has 0 spiro atoms. The van der Waals surface area contributed by atoms with E-state index in [1.807, 2.05) is 17.0 Å². The summed E-state index contributed by atoms with van der Waals surface area (Å²) in [5.41, 5.74) is 2.99. The zero-order chi connectivity index (χ0) is 26.6. The summed E-state index contributed by atoms with van der Waals surface area (Å²) in [5, 5.41) is 2.68. The summed E-state index contributed by atoms with van der Waals surface area (Å²) >= 11 is 0. The highest BCUT2D eigenvalue weighted by Crippen LogP contribution is 2.30. The molecule has 3 aromatic carbocycles. The van der Waals surface area contributed by atoms with Crippen LogP contribution in [0.3, 0.4) is 0 Å². The van der Waals surface area contributed by atoms with Crippen LogP contribution < -0.4 is 5.32 Å². The first-order valence-corrected chi connectivity index (χ1v) is 12.4. The van der Waals surface area contributed by atoms with Crippen LogP contribution in [-0.2, 0) is 4.74 Å². The largest absolute Gasteiger partial charge is 0.462 e. The summed E-state index contributed by atoms with van der Waals surface area (Å²) in [6, 6.07) is 16.7. The number of piperidine rings is 1. The number of hydrogen-bond acceptors (Lipinski definition) is 6. The molecule has 0 saturated carbocycles. The van der Waals surface area contributed by atoms with Gasteiger partial charge in [0.25, 0.3) is 11.8 Å². The first-order valence-electron chi connectivity index (χ1n) is 12.4. The van der Waals surface area contributed by atoms with Gasteiger partial charge in [0, 0.05) is 24.3 Å². The van der Waals surface area contributed by atoms with Gasteiger partial charge in [-0.15, -0.1) is 0 Å².